The Balaban J connectivity index is 2.29. The molecule has 3 N–H and O–H groups in total. The fraction of sp³-hybridized carbons (Fsp3) is 0.474. The number of nitrogens with zero attached hydrogens (tertiary/aromatic N) is 1. The van der Waals surface area contributed by atoms with Crippen molar-refractivity contribution in [3.05, 3.63) is 40.7 Å². The van der Waals surface area contributed by atoms with Crippen LogP contribution in [0.4, 0.5) is 5.69 Å². The molecule has 0 aromatic heterocycles. The van der Waals surface area contributed by atoms with E-state index in [0.717, 1.165) is 26.2 Å². The molecule has 1 amide bonds. The van der Waals surface area contributed by atoms with Gasteiger partial charge in [0, 0.05) is 43.1 Å². The Labute approximate surface area is 160 Å². The molecule has 2 rings (SSSR count). The van der Waals surface area contributed by atoms with E-state index in [-0.39, 0.29) is 17.1 Å². The maximum Gasteiger partial charge on any atom is 0.293 e. The smallest absolute Gasteiger partial charge is 0.293 e. The van der Waals surface area contributed by atoms with Gasteiger partial charge in [0.25, 0.3) is 5.91 Å². The maximum atomic E-state index is 12.9. The minimum Gasteiger partial charge on any atom is -0.486 e. The number of carbonyl (C=O) groups excluding carboxylic acids is 1. The molecule has 1 aliphatic rings. The van der Waals surface area contributed by atoms with Crippen molar-refractivity contribution in [1.82, 2.24) is 10.2 Å². The number of piperazine rings is 1. The number of amides is 1. The third-order valence-electron chi connectivity index (χ3n) is 3.77. The summed E-state index contributed by atoms with van der Waals surface area (Å²) >= 11 is 5.99. The zero-order valence-electron chi connectivity index (χ0n) is 15.6. The van der Waals surface area contributed by atoms with Crippen LogP contribution in [0, 0.1) is 10.8 Å². The molecular weight excluding hydrogens is 352 g/mol. The lowest BCUT2D eigenvalue weighted by Crippen LogP contribution is -2.44. The third kappa shape index (κ3) is 6.04. The molecule has 1 heterocycles. The number of nitrogens with one attached hydrogen (secondary N) is 3. The number of halogens is 1. The lowest BCUT2D eigenvalue weighted by molar-refractivity contribution is -0.116. The van der Waals surface area contributed by atoms with Crippen molar-refractivity contribution >= 4 is 29.4 Å². The van der Waals surface area contributed by atoms with Crippen molar-refractivity contribution in [1.29, 1.82) is 5.41 Å². The highest BCUT2D eigenvalue weighted by molar-refractivity contribution is 6.31. The van der Waals surface area contributed by atoms with Gasteiger partial charge in [0.15, 0.2) is 0 Å². The molecule has 0 atom stereocenters. The number of allylic oxidation sites excluding steroid dienone is 1. The molecule has 1 saturated heterocycles. The fourth-order valence-electron chi connectivity index (χ4n) is 2.50. The highest BCUT2D eigenvalue weighted by Gasteiger charge is 2.24. The molecular formula is C19H27ClN4O2. The van der Waals surface area contributed by atoms with Gasteiger partial charge in [-0.2, -0.15) is 0 Å². The Morgan fingerprint density at radius 1 is 1.38 bits per heavy atom. The summed E-state index contributed by atoms with van der Waals surface area (Å²) in [4.78, 5) is 14.9. The second kappa shape index (κ2) is 9.05. The van der Waals surface area contributed by atoms with Crippen LogP contribution in [0.2, 0.25) is 5.02 Å². The Kier molecular flexibility index (Phi) is 7.06. The van der Waals surface area contributed by atoms with Crippen LogP contribution >= 0.6 is 11.6 Å². The van der Waals surface area contributed by atoms with E-state index in [1.165, 1.54) is 6.21 Å². The van der Waals surface area contributed by atoms with E-state index in [4.69, 9.17) is 21.7 Å². The van der Waals surface area contributed by atoms with Gasteiger partial charge in [-0.25, -0.2) is 0 Å². The van der Waals surface area contributed by atoms with E-state index < -0.39 is 0 Å². The number of hydrogen-bond donors (Lipinski definition) is 3. The molecule has 7 heteroatoms. The second-order valence-electron chi connectivity index (χ2n) is 7.41. The molecule has 1 fully saturated rings. The largest absolute Gasteiger partial charge is 0.486 e. The second-order valence-corrected chi connectivity index (χ2v) is 7.85. The molecule has 6 nitrogen and oxygen atoms in total. The van der Waals surface area contributed by atoms with Crippen LogP contribution in [0.5, 0.6) is 0 Å². The minimum absolute atomic E-state index is 0.113. The number of anilines is 1. The van der Waals surface area contributed by atoms with Crippen LogP contribution in [0.1, 0.15) is 20.8 Å². The van der Waals surface area contributed by atoms with E-state index in [0.29, 0.717) is 23.0 Å². The molecule has 142 valence electrons. The number of benzene rings is 1. The average molecular weight is 379 g/mol. The normalized spacial score (nSPS) is 15.9. The summed E-state index contributed by atoms with van der Waals surface area (Å²) in [6.07, 6.45) is 1.20. The SMILES string of the molecule is CC(C)(C)COC(C(=O)Nc1cccc(Cl)c1)=C(C=N)N1CCNCC1. The standard InChI is InChI=1S/C19H27ClN4O2/c1-19(2,3)13-26-17(16(12-21)24-9-7-22-8-10-24)18(25)23-15-6-4-5-14(20)11-15/h4-6,11-12,21-22H,7-10,13H2,1-3H3,(H,23,25). The van der Waals surface area contributed by atoms with E-state index in [2.05, 4.69) is 10.6 Å². The van der Waals surface area contributed by atoms with Crippen LogP contribution in [0.3, 0.4) is 0 Å². The highest BCUT2D eigenvalue weighted by Crippen LogP contribution is 2.21. The predicted molar refractivity (Wildman–Crippen MR) is 106 cm³/mol. The van der Waals surface area contributed by atoms with E-state index in [1.54, 1.807) is 24.3 Å². The van der Waals surface area contributed by atoms with Gasteiger partial charge >= 0.3 is 0 Å². The number of ether oxygens (including phenoxy) is 1. The van der Waals surface area contributed by atoms with Crippen LogP contribution in [0.25, 0.3) is 0 Å². The number of hydrogen-bond acceptors (Lipinski definition) is 5. The predicted octanol–water partition coefficient (Wildman–Crippen LogP) is 3.11. The zero-order chi connectivity index (χ0) is 19.2. The van der Waals surface area contributed by atoms with Crippen LogP contribution in [-0.4, -0.2) is 49.8 Å². The molecule has 1 aromatic rings. The van der Waals surface area contributed by atoms with Crippen molar-refractivity contribution in [2.75, 3.05) is 38.1 Å². The summed E-state index contributed by atoms with van der Waals surface area (Å²) in [5.74, 6) is -0.217. The first kappa shape index (κ1) is 20.3. The van der Waals surface area contributed by atoms with E-state index in [1.807, 2.05) is 25.7 Å². The molecule has 0 bridgehead atoms. The van der Waals surface area contributed by atoms with E-state index in [9.17, 15) is 4.79 Å². The van der Waals surface area contributed by atoms with Crippen LogP contribution < -0.4 is 10.6 Å². The molecule has 0 unspecified atom stereocenters. The van der Waals surface area contributed by atoms with Crippen LogP contribution in [-0.2, 0) is 9.53 Å². The fourth-order valence-corrected chi connectivity index (χ4v) is 2.70. The Hall–Kier alpha value is -2.05. The topological polar surface area (TPSA) is 77.5 Å². The molecule has 1 aliphatic heterocycles. The first-order valence-electron chi connectivity index (χ1n) is 8.70. The van der Waals surface area contributed by atoms with E-state index >= 15 is 0 Å². The van der Waals surface area contributed by atoms with Gasteiger partial charge in [0.05, 0.1) is 6.61 Å². The lowest BCUT2D eigenvalue weighted by atomic mass is 9.99. The van der Waals surface area contributed by atoms with Crippen molar-refractivity contribution < 1.29 is 9.53 Å². The summed E-state index contributed by atoms with van der Waals surface area (Å²) in [6, 6.07) is 6.95. The first-order chi connectivity index (χ1) is 12.3. The summed E-state index contributed by atoms with van der Waals surface area (Å²) < 4.78 is 5.90. The van der Waals surface area contributed by atoms with Crippen molar-refractivity contribution in [3.63, 3.8) is 0 Å². The van der Waals surface area contributed by atoms with Gasteiger partial charge in [-0.15, -0.1) is 0 Å². The summed E-state index contributed by atoms with van der Waals surface area (Å²) in [7, 11) is 0. The summed E-state index contributed by atoms with van der Waals surface area (Å²) in [5.41, 5.74) is 0.970. The van der Waals surface area contributed by atoms with Crippen molar-refractivity contribution in [3.8, 4) is 0 Å². The number of rotatable bonds is 6. The quantitative estimate of drug-likeness (QED) is 0.404. The third-order valence-corrected chi connectivity index (χ3v) is 4.00. The van der Waals surface area contributed by atoms with Gasteiger partial charge in [0.1, 0.15) is 5.70 Å². The zero-order valence-corrected chi connectivity index (χ0v) is 16.3. The molecule has 26 heavy (non-hydrogen) atoms. The molecule has 1 aromatic carbocycles. The average Bonchev–Trinajstić information content (AvgIpc) is 2.58. The highest BCUT2D eigenvalue weighted by atomic mass is 35.5. The molecule has 0 radical (unpaired) electrons. The van der Waals surface area contributed by atoms with Gasteiger partial charge < -0.3 is 25.7 Å². The van der Waals surface area contributed by atoms with Gasteiger partial charge in [-0.3, -0.25) is 4.79 Å². The van der Waals surface area contributed by atoms with Crippen molar-refractivity contribution in [2.24, 2.45) is 5.41 Å². The lowest BCUT2D eigenvalue weighted by Gasteiger charge is -2.31. The van der Waals surface area contributed by atoms with Gasteiger partial charge in [-0.05, 0) is 23.6 Å². The number of carbonyl (C=O) groups is 1. The van der Waals surface area contributed by atoms with Crippen LogP contribution in [0.15, 0.2) is 35.7 Å². The van der Waals surface area contributed by atoms with Crippen molar-refractivity contribution in [2.45, 2.75) is 20.8 Å². The Bertz CT molecular complexity index is 676. The molecule has 0 spiro atoms. The van der Waals surface area contributed by atoms with Gasteiger partial charge in [-0.1, -0.05) is 38.4 Å². The minimum atomic E-state index is -0.381. The summed E-state index contributed by atoms with van der Waals surface area (Å²) in [6.45, 7) is 9.53. The summed E-state index contributed by atoms with van der Waals surface area (Å²) in [5, 5.41) is 14.5. The molecule has 0 saturated carbocycles. The monoisotopic (exact) mass is 378 g/mol. The van der Waals surface area contributed by atoms with Gasteiger partial charge in [0.2, 0.25) is 5.76 Å². The maximum absolute atomic E-state index is 12.9. The Morgan fingerprint density at radius 3 is 2.65 bits per heavy atom. The molecule has 0 aliphatic carbocycles. The first-order valence-corrected chi connectivity index (χ1v) is 9.08. The Morgan fingerprint density at radius 2 is 2.08 bits per heavy atom.